The molecule has 0 unspecified atom stereocenters. The van der Waals surface area contributed by atoms with Gasteiger partial charge in [0.2, 0.25) is 0 Å². The van der Waals surface area contributed by atoms with E-state index in [2.05, 4.69) is 65.5 Å². The van der Waals surface area contributed by atoms with E-state index in [-0.39, 0.29) is 0 Å². The number of rotatable bonds is 15. The normalized spacial score (nSPS) is 13.2. The summed E-state index contributed by atoms with van der Waals surface area (Å²) in [5.41, 5.74) is 4.43. The minimum atomic E-state index is 0.699. The van der Waals surface area contributed by atoms with Gasteiger partial charge in [0.05, 0.1) is 0 Å². The largest absolute Gasteiger partial charge is 0.298 e. The van der Waals surface area contributed by atoms with Crippen LogP contribution in [0, 0.1) is 35.5 Å². The van der Waals surface area contributed by atoms with Crippen LogP contribution in [0.1, 0.15) is 127 Å². The molecule has 0 bridgehead atoms. The molecule has 0 fully saturated rings. The van der Waals surface area contributed by atoms with E-state index in [1.807, 2.05) is 6.92 Å². The lowest BCUT2D eigenvalue weighted by Gasteiger charge is -2.16. The van der Waals surface area contributed by atoms with E-state index in [4.69, 9.17) is 0 Å². The first-order chi connectivity index (χ1) is 14.8. The third kappa shape index (κ3) is 11.6. The van der Waals surface area contributed by atoms with Crippen molar-refractivity contribution in [3.63, 3.8) is 0 Å². The second-order valence-electron chi connectivity index (χ2n) is 10.6. The molecule has 0 spiro atoms. The molecule has 174 valence electrons. The zero-order valence-corrected chi connectivity index (χ0v) is 21.5. The number of aldehydes is 1. The van der Waals surface area contributed by atoms with Crippen molar-refractivity contribution < 1.29 is 4.79 Å². The number of carbonyl (C=O) groups is 1. The Kier molecular flexibility index (Phi) is 13.6. The molecule has 1 rings (SSSR count). The predicted molar refractivity (Wildman–Crippen MR) is 137 cm³/mol. The molecule has 0 saturated heterocycles. The monoisotopic (exact) mass is 424 g/mol. The number of carbonyl (C=O) groups excluding carboxylic acids is 1. The Morgan fingerprint density at radius 2 is 1.26 bits per heavy atom. The summed E-state index contributed by atoms with van der Waals surface area (Å²) >= 11 is 0. The molecule has 0 aromatic heterocycles. The predicted octanol–water partition coefficient (Wildman–Crippen LogP) is 8.66. The molecule has 1 aromatic rings. The highest BCUT2D eigenvalue weighted by Crippen LogP contribution is 2.24. The summed E-state index contributed by atoms with van der Waals surface area (Å²) in [4.78, 5) is 11.8. The van der Waals surface area contributed by atoms with Crippen LogP contribution in [0.3, 0.4) is 0 Å². The Morgan fingerprint density at radius 1 is 0.742 bits per heavy atom. The third-order valence-corrected chi connectivity index (χ3v) is 6.52. The van der Waals surface area contributed by atoms with Gasteiger partial charge in [0, 0.05) is 11.1 Å². The van der Waals surface area contributed by atoms with E-state index in [0.29, 0.717) is 11.8 Å². The summed E-state index contributed by atoms with van der Waals surface area (Å²) in [7, 11) is 0. The Labute approximate surface area is 193 Å². The molecule has 0 radical (unpaired) electrons. The first-order valence-corrected chi connectivity index (χ1v) is 12.8. The third-order valence-electron chi connectivity index (χ3n) is 6.52. The van der Waals surface area contributed by atoms with Crippen molar-refractivity contribution >= 4 is 6.29 Å². The van der Waals surface area contributed by atoms with Gasteiger partial charge in [-0.2, -0.15) is 0 Å². The minimum Gasteiger partial charge on any atom is -0.298 e. The molecule has 0 amide bonds. The standard InChI is InChI=1S/C30H48O/c1-8-11-27-20-29(19-17-26(7)15-10-13-24(4)5)30(22-31)21-28(27)18-16-25(6)14-9-12-23(2)3/h20-26H,9-10,12-19H2,1-7H3/t25-,26-/m0/s1. The fourth-order valence-electron chi connectivity index (χ4n) is 4.33. The summed E-state index contributed by atoms with van der Waals surface area (Å²) < 4.78 is 0. The Bertz CT molecular complexity index is 701. The van der Waals surface area contributed by atoms with Crippen molar-refractivity contribution in [1.82, 2.24) is 0 Å². The van der Waals surface area contributed by atoms with Gasteiger partial charge >= 0.3 is 0 Å². The van der Waals surface area contributed by atoms with Crippen LogP contribution in [0.4, 0.5) is 0 Å². The Morgan fingerprint density at radius 3 is 1.71 bits per heavy atom. The van der Waals surface area contributed by atoms with Gasteiger partial charge in [-0.3, -0.25) is 4.79 Å². The summed E-state index contributed by atoms with van der Waals surface area (Å²) in [5.74, 6) is 9.40. The Hall–Kier alpha value is -1.55. The van der Waals surface area contributed by atoms with Crippen LogP contribution in [-0.2, 0) is 12.8 Å². The maximum Gasteiger partial charge on any atom is 0.150 e. The average Bonchev–Trinajstić information content (AvgIpc) is 2.71. The van der Waals surface area contributed by atoms with Crippen molar-refractivity contribution in [3.05, 3.63) is 34.4 Å². The number of hydrogen-bond donors (Lipinski definition) is 0. The lowest BCUT2D eigenvalue weighted by molar-refractivity contribution is 0.112. The Balaban J connectivity index is 2.77. The maximum atomic E-state index is 11.8. The highest BCUT2D eigenvalue weighted by atomic mass is 16.1. The molecule has 0 N–H and O–H groups in total. The first kappa shape index (κ1) is 27.5. The fourth-order valence-corrected chi connectivity index (χ4v) is 4.33. The molecular weight excluding hydrogens is 376 g/mol. The van der Waals surface area contributed by atoms with Gasteiger partial charge in [-0.05, 0) is 79.5 Å². The van der Waals surface area contributed by atoms with Crippen LogP contribution in [0.5, 0.6) is 0 Å². The van der Waals surface area contributed by atoms with E-state index >= 15 is 0 Å². The van der Waals surface area contributed by atoms with Gasteiger partial charge < -0.3 is 0 Å². The van der Waals surface area contributed by atoms with E-state index in [1.54, 1.807) is 0 Å². The molecule has 2 atom stereocenters. The van der Waals surface area contributed by atoms with Gasteiger partial charge in [-0.25, -0.2) is 0 Å². The first-order valence-electron chi connectivity index (χ1n) is 12.8. The van der Waals surface area contributed by atoms with Crippen molar-refractivity contribution in [1.29, 1.82) is 0 Å². The van der Waals surface area contributed by atoms with Crippen molar-refractivity contribution in [3.8, 4) is 11.8 Å². The number of hydrogen-bond acceptors (Lipinski definition) is 1. The van der Waals surface area contributed by atoms with E-state index in [1.165, 1.54) is 56.1 Å². The SMILES string of the molecule is CC#Cc1cc(CC[C@@H](C)CCCC(C)C)c(C=O)cc1CC[C@@H](C)CCCC(C)C. The van der Waals surface area contributed by atoms with Gasteiger partial charge in [0.25, 0.3) is 0 Å². The second-order valence-corrected chi connectivity index (χ2v) is 10.6. The van der Waals surface area contributed by atoms with Crippen LogP contribution < -0.4 is 0 Å². The van der Waals surface area contributed by atoms with Crippen molar-refractivity contribution in [2.24, 2.45) is 23.7 Å². The lowest BCUT2D eigenvalue weighted by Crippen LogP contribution is -2.05. The number of benzene rings is 1. The van der Waals surface area contributed by atoms with Crippen LogP contribution >= 0.6 is 0 Å². The quantitative estimate of drug-likeness (QED) is 0.203. The van der Waals surface area contributed by atoms with Gasteiger partial charge in [0.15, 0.2) is 0 Å². The summed E-state index contributed by atoms with van der Waals surface area (Å²) in [6, 6.07) is 4.34. The molecule has 0 heterocycles. The van der Waals surface area contributed by atoms with Gasteiger partial charge in [0.1, 0.15) is 6.29 Å². The molecular formula is C30H48O. The van der Waals surface area contributed by atoms with E-state index < -0.39 is 0 Å². The van der Waals surface area contributed by atoms with Crippen LogP contribution in [0.2, 0.25) is 0 Å². The molecule has 1 aromatic carbocycles. The molecule has 31 heavy (non-hydrogen) atoms. The summed E-state index contributed by atoms with van der Waals surface area (Å²) in [5, 5.41) is 0. The summed E-state index contributed by atoms with van der Waals surface area (Å²) in [6.07, 6.45) is 13.2. The maximum absolute atomic E-state index is 11.8. The molecule has 0 aliphatic rings. The molecule has 1 heteroatoms. The van der Waals surface area contributed by atoms with Crippen LogP contribution in [0.25, 0.3) is 0 Å². The molecule has 0 saturated carbocycles. The smallest absolute Gasteiger partial charge is 0.150 e. The number of aryl methyl sites for hydroxylation is 2. The second kappa shape index (κ2) is 15.3. The van der Waals surface area contributed by atoms with Crippen molar-refractivity contribution in [2.75, 3.05) is 0 Å². The highest BCUT2D eigenvalue weighted by Gasteiger charge is 2.12. The zero-order valence-electron chi connectivity index (χ0n) is 21.5. The molecule has 0 aliphatic heterocycles. The van der Waals surface area contributed by atoms with Crippen molar-refractivity contribution in [2.45, 2.75) is 113 Å². The highest BCUT2D eigenvalue weighted by molar-refractivity contribution is 5.78. The van der Waals surface area contributed by atoms with Crippen LogP contribution in [-0.4, -0.2) is 6.29 Å². The topological polar surface area (TPSA) is 17.1 Å². The van der Waals surface area contributed by atoms with Crippen LogP contribution in [0.15, 0.2) is 12.1 Å². The van der Waals surface area contributed by atoms with E-state index in [0.717, 1.165) is 48.5 Å². The van der Waals surface area contributed by atoms with Gasteiger partial charge in [-0.15, -0.1) is 5.92 Å². The zero-order chi connectivity index (χ0) is 23.2. The van der Waals surface area contributed by atoms with Gasteiger partial charge in [-0.1, -0.05) is 86.0 Å². The average molecular weight is 425 g/mol. The lowest BCUT2D eigenvalue weighted by atomic mass is 9.88. The summed E-state index contributed by atoms with van der Waals surface area (Å²) in [6.45, 7) is 15.8. The minimum absolute atomic E-state index is 0.699. The van der Waals surface area contributed by atoms with E-state index in [9.17, 15) is 4.79 Å². The molecule has 0 aliphatic carbocycles. The molecule has 1 nitrogen and oxygen atoms in total. The fraction of sp³-hybridized carbons (Fsp3) is 0.700.